The zero-order valence-corrected chi connectivity index (χ0v) is 21.3. The number of carbonyl (C=O) groups excluding carboxylic acids is 2. The van der Waals surface area contributed by atoms with Crippen molar-refractivity contribution < 1.29 is 14.0 Å². The largest absolute Gasteiger partial charge is 0.354 e. The first-order valence-electron chi connectivity index (χ1n) is 11.5. The molecule has 0 saturated heterocycles. The molecule has 0 heterocycles. The van der Waals surface area contributed by atoms with Crippen molar-refractivity contribution in [2.45, 2.75) is 39.3 Å². The normalized spacial score (nSPS) is 11.8. The smallest absolute Gasteiger partial charge is 0.243 e. The van der Waals surface area contributed by atoms with E-state index in [0.717, 1.165) is 5.56 Å². The van der Waals surface area contributed by atoms with E-state index in [0.29, 0.717) is 22.2 Å². The fourth-order valence-electron chi connectivity index (χ4n) is 3.74. The molecule has 2 amide bonds. The lowest BCUT2D eigenvalue weighted by atomic mass is 10.0. The molecule has 1 N–H and O–H groups in total. The number of carbonyl (C=O) groups is 2. The predicted molar refractivity (Wildman–Crippen MR) is 139 cm³/mol. The molecule has 0 aliphatic rings. The van der Waals surface area contributed by atoms with Crippen molar-refractivity contribution in [2.24, 2.45) is 5.92 Å². The number of nitrogens with one attached hydrogen (secondary N) is 1. The van der Waals surface area contributed by atoms with Crippen LogP contribution in [0.3, 0.4) is 0 Å². The minimum Gasteiger partial charge on any atom is -0.354 e. The van der Waals surface area contributed by atoms with Gasteiger partial charge < -0.3 is 10.2 Å². The highest BCUT2D eigenvalue weighted by Crippen LogP contribution is 2.27. The van der Waals surface area contributed by atoms with Crippen molar-refractivity contribution in [3.8, 4) is 0 Å². The third kappa shape index (κ3) is 7.55. The van der Waals surface area contributed by atoms with Crippen LogP contribution in [0.5, 0.6) is 0 Å². The second-order valence-corrected chi connectivity index (χ2v) is 9.65. The predicted octanol–water partition coefficient (Wildman–Crippen LogP) is 6.09. The van der Waals surface area contributed by atoms with E-state index in [4.69, 9.17) is 23.2 Å². The van der Waals surface area contributed by atoms with Crippen molar-refractivity contribution >= 4 is 35.0 Å². The van der Waals surface area contributed by atoms with E-state index < -0.39 is 17.8 Å². The maximum atomic E-state index is 14.4. The van der Waals surface area contributed by atoms with Gasteiger partial charge in [-0.2, -0.15) is 0 Å². The van der Waals surface area contributed by atoms with E-state index in [9.17, 15) is 14.0 Å². The average Bonchev–Trinajstić information content (AvgIpc) is 2.83. The molecule has 0 radical (unpaired) electrons. The lowest BCUT2D eigenvalue weighted by molar-refractivity contribution is -0.140. The van der Waals surface area contributed by atoms with Gasteiger partial charge in [-0.3, -0.25) is 9.59 Å². The van der Waals surface area contributed by atoms with E-state index in [-0.39, 0.29) is 36.8 Å². The molecule has 0 aromatic heterocycles. The Hall–Kier alpha value is -2.89. The second-order valence-electron chi connectivity index (χ2n) is 8.83. The number of halogens is 3. The van der Waals surface area contributed by atoms with E-state index in [1.54, 1.807) is 36.4 Å². The maximum Gasteiger partial charge on any atom is 0.243 e. The highest BCUT2D eigenvalue weighted by Gasteiger charge is 2.31. The molecule has 3 rings (SSSR count). The third-order valence-electron chi connectivity index (χ3n) is 5.65. The van der Waals surface area contributed by atoms with Crippen LogP contribution in [0.25, 0.3) is 0 Å². The van der Waals surface area contributed by atoms with Crippen molar-refractivity contribution in [3.05, 3.63) is 105 Å². The monoisotopic (exact) mass is 514 g/mol. The van der Waals surface area contributed by atoms with Gasteiger partial charge in [0.25, 0.3) is 0 Å². The van der Waals surface area contributed by atoms with Gasteiger partial charge in [0.05, 0.1) is 6.42 Å². The fourth-order valence-corrected chi connectivity index (χ4v) is 4.25. The lowest BCUT2D eigenvalue weighted by Gasteiger charge is -2.32. The first kappa shape index (κ1) is 26.7. The summed E-state index contributed by atoms with van der Waals surface area (Å²) in [6.45, 7) is 4.47. The minimum absolute atomic E-state index is 0.0123. The molecule has 0 aliphatic heterocycles. The zero-order valence-electron chi connectivity index (χ0n) is 19.8. The van der Waals surface area contributed by atoms with Crippen LogP contribution in [0, 0.1) is 11.7 Å². The maximum absolute atomic E-state index is 14.4. The summed E-state index contributed by atoms with van der Waals surface area (Å²) in [7, 11) is 0. The summed E-state index contributed by atoms with van der Waals surface area (Å²) in [6, 6.07) is 19.9. The van der Waals surface area contributed by atoms with Gasteiger partial charge in [0.1, 0.15) is 11.9 Å². The summed E-state index contributed by atoms with van der Waals surface area (Å²) in [5.74, 6) is -0.920. The van der Waals surface area contributed by atoms with Crippen LogP contribution in [0.15, 0.2) is 72.8 Å². The van der Waals surface area contributed by atoms with Gasteiger partial charge in [-0.1, -0.05) is 91.6 Å². The summed E-state index contributed by atoms with van der Waals surface area (Å²) in [4.78, 5) is 28.6. The molecule has 0 spiro atoms. The lowest BCUT2D eigenvalue weighted by Crippen LogP contribution is -2.51. The summed E-state index contributed by atoms with van der Waals surface area (Å²) in [6.07, 6.45) is 0.0906. The molecule has 3 aromatic rings. The molecule has 0 fully saturated rings. The van der Waals surface area contributed by atoms with Crippen molar-refractivity contribution in [3.63, 3.8) is 0 Å². The van der Waals surface area contributed by atoms with Crippen LogP contribution in [0.1, 0.15) is 30.5 Å². The van der Waals surface area contributed by atoms with Crippen LogP contribution in [-0.2, 0) is 29.0 Å². The van der Waals surface area contributed by atoms with Gasteiger partial charge in [-0.05, 0) is 35.2 Å². The molecule has 35 heavy (non-hydrogen) atoms. The fraction of sp³-hybridized carbons (Fsp3) is 0.286. The van der Waals surface area contributed by atoms with E-state index in [1.807, 2.05) is 44.2 Å². The van der Waals surface area contributed by atoms with Crippen LogP contribution in [0.2, 0.25) is 10.0 Å². The molecule has 0 aliphatic carbocycles. The molecule has 3 aromatic carbocycles. The zero-order chi connectivity index (χ0) is 25.4. The molecule has 184 valence electrons. The first-order chi connectivity index (χ1) is 16.8. The van der Waals surface area contributed by atoms with Crippen LogP contribution in [0.4, 0.5) is 4.39 Å². The molecule has 0 bridgehead atoms. The Morgan fingerprint density at radius 3 is 2.17 bits per heavy atom. The Morgan fingerprint density at radius 2 is 1.54 bits per heavy atom. The number of hydrogen-bond donors (Lipinski definition) is 1. The Balaban J connectivity index is 2.02. The van der Waals surface area contributed by atoms with Gasteiger partial charge in [-0.15, -0.1) is 0 Å². The summed E-state index contributed by atoms with van der Waals surface area (Å²) in [5, 5.41) is 3.74. The molecule has 4 nitrogen and oxygen atoms in total. The quantitative estimate of drug-likeness (QED) is 0.356. The van der Waals surface area contributed by atoms with Crippen molar-refractivity contribution in [1.82, 2.24) is 10.2 Å². The first-order valence-corrected chi connectivity index (χ1v) is 12.3. The molecule has 7 heteroatoms. The minimum atomic E-state index is -0.845. The third-order valence-corrected chi connectivity index (χ3v) is 6.35. The molecule has 0 saturated carbocycles. The van der Waals surface area contributed by atoms with Crippen molar-refractivity contribution in [1.29, 1.82) is 0 Å². The van der Waals surface area contributed by atoms with E-state index in [2.05, 4.69) is 5.32 Å². The van der Waals surface area contributed by atoms with Crippen LogP contribution >= 0.6 is 23.2 Å². The Kier molecular flexibility index (Phi) is 9.70. The van der Waals surface area contributed by atoms with E-state index in [1.165, 1.54) is 11.0 Å². The Labute approximate surface area is 216 Å². The number of hydrogen-bond acceptors (Lipinski definition) is 2. The number of rotatable bonds is 10. The van der Waals surface area contributed by atoms with Crippen LogP contribution < -0.4 is 5.32 Å². The van der Waals surface area contributed by atoms with Gasteiger partial charge in [0, 0.05) is 35.1 Å². The molecular weight excluding hydrogens is 486 g/mol. The molecular formula is C28H29Cl2FN2O2. The van der Waals surface area contributed by atoms with E-state index >= 15 is 0 Å². The number of benzene rings is 3. The average molecular weight is 515 g/mol. The Bertz CT molecular complexity index is 1130. The number of nitrogens with zero attached hydrogens (tertiary/aromatic N) is 1. The second kappa shape index (κ2) is 12.7. The van der Waals surface area contributed by atoms with Gasteiger partial charge >= 0.3 is 0 Å². The van der Waals surface area contributed by atoms with Gasteiger partial charge in [-0.25, -0.2) is 4.39 Å². The topological polar surface area (TPSA) is 49.4 Å². The van der Waals surface area contributed by atoms with Gasteiger partial charge in [0.15, 0.2) is 0 Å². The summed E-state index contributed by atoms with van der Waals surface area (Å²) >= 11 is 12.9. The number of amides is 2. The van der Waals surface area contributed by atoms with Crippen LogP contribution in [-0.4, -0.2) is 29.3 Å². The Morgan fingerprint density at radius 1 is 0.914 bits per heavy atom. The molecule has 1 unspecified atom stereocenters. The van der Waals surface area contributed by atoms with Gasteiger partial charge in [0.2, 0.25) is 11.8 Å². The molecule has 1 atom stereocenters. The highest BCUT2D eigenvalue weighted by atomic mass is 35.5. The summed E-state index contributed by atoms with van der Waals surface area (Å²) < 4.78 is 14.4. The standard InChI is InChI=1S/C28H29Cl2FN2O2/c1-19(2)17-32-28(35)26(15-20-9-4-3-5-10-20)33(18-22-23(29)12-8-13-24(22)30)27(34)16-21-11-6-7-14-25(21)31/h3-14,19,26H,15-18H2,1-2H3,(H,32,35). The SMILES string of the molecule is CC(C)CNC(=O)C(Cc1ccccc1)N(Cc1c(Cl)cccc1Cl)C(=O)Cc1ccccc1F. The van der Waals surface area contributed by atoms with Crippen molar-refractivity contribution in [2.75, 3.05) is 6.54 Å². The summed E-state index contributed by atoms with van der Waals surface area (Å²) in [5.41, 5.74) is 1.69. The highest BCUT2D eigenvalue weighted by molar-refractivity contribution is 6.36.